The summed E-state index contributed by atoms with van der Waals surface area (Å²) in [6.07, 6.45) is 5.79. The van der Waals surface area contributed by atoms with Crippen LogP contribution in [0.5, 0.6) is 5.75 Å². The summed E-state index contributed by atoms with van der Waals surface area (Å²) in [5.74, 6) is 0.302. The van der Waals surface area contributed by atoms with Crippen molar-refractivity contribution in [2.45, 2.75) is 46.5 Å². The van der Waals surface area contributed by atoms with Gasteiger partial charge in [-0.15, -0.1) is 11.3 Å². The first-order valence-electron chi connectivity index (χ1n) is 13.0. The van der Waals surface area contributed by atoms with Crippen LogP contribution in [0.1, 0.15) is 66.5 Å². The van der Waals surface area contributed by atoms with E-state index in [2.05, 4.69) is 20.4 Å². The van der Waals surface area contributed by atoms with Gasteiger partial charge in [0.05, 0.1) is 18.9 Å². The number of hydrazone groups is 1. The van der Waals surface area contributed by atoms with Gasteiger partial charge in [0.25, 0.3) is 11.8 Å². The molecule has 1 aliphatic carbocycles. The Hall–Kier alpha value is -4.17. The average Bonchev–Trinajstić information content (AvgIpc) is 3.45. The quantitative estimate of drug-likeness (QED) is 0.211. The maximum absolute atomic E-state index is 13.7. The van der Waals surface area contributed by atoms with E-state index in [1.165, 1.54) is 10.4 Å². The molecule has 200 valence electrons. The molecule has 2 aromatic heterocycles. The number of anilines is 1. The second kappa shape index (κ2) is 11.3. The molecule has 0 spiro atoms. The summed E-state index contributed by atoms with van der Waals surface area (Å²) in [5.41, 5.74) is 9.78. The predicted molar refractivity (Wildman–Crippen MR) is 157 cm³/mol. The Kier molecular flexibility index (Phi) is 7.65. The van der Waals surface area contributed by atoms with Crippen LogP contribution < -0.4 is 15.5 Å². The van der Waals surface area contributed by atoms with Gasteiger partial charge in [0, 0.05) is 33.1 Å². The SMILES string of the molecule is COc1ccc(C(=O)N/N=C\c2cc(C)n(-c3sc4c(c3C(=O)Nc3ccc(C)cc3)CCCC4)c2C)cc1. The molecule has 2 amide bonds. The molecular weight excluding hydrogens is 508 g/mol. The Morgan fingerprint density at radius 1 is 0.974 bits per heavy atom. The van der Waals surface area contributed by atoms with E-state index >= 15 is 0 Å². The van der Waals surface area contributed by atoms with E-state index < -0.39 is 0 Å². The van der Waals surface area contributed by atoms with Crippen molar-refractivity contribution in [2.75, 3.05) is 12.4 Å². The number of methoxy groups -OCH3 is 1. The van der Waals surface area contributed by atoms with Crippen molar-refractivity contribution in [3.63, 3.8) is 0 Å². The number of aryl methyl sites for hydroxylation is 3. The number of thiophene rings is 1. The van der Waals surface area contributed by atoms with Gasteiger partial charge in [0.1, 0.15) is 10.8 Å². The van der Waals surface area contributed by atoms with E-state index in [0.29, 0.717) is 11.3 Å². The third-order valence-electron chi connectivity index (χ3n) is 7.08. The molecule has 2 N–H and O–H groups in total. The first-order valence-corrected chi connectivity index (χ1v) is 13.9. The monoisotopic (exact) mass is 540 g/mol. The first-order chi connectivity index (χ1) is 18.9. The highest BCUT2D eigenvalue weighted by Gasteiger charge is 2.28. The molecule has 7 nitrogen and oxygen atoms in total. The number of carbonyl (C=O) groups is 2. The topological polar surface area (TPSA) is 84.7 Å². The van der Waals surface area contributed by atoms with E-state index in [1.807, 2.05) is 51.1 Å². The van der Waals surface area contributed by atoms with Crippen LogP contribution in [-0.2, 0) is 12.8 Å². The number of amides is 2. The summed E-state index contributed by atoms with van der Waals surface area (Å²) in [7, 11) is 1.58. The highest BCUT2D eigenvalue weighted by Crippen LogP contribution is 2.39. The zero-order valence-electron chi connectivity index (χ0n) is 22.6. The number of aromatic nitrogens is 1. The molecule has 0 saturated heterocycles. The predicted octanol–water partition coefficient (Wildman–Crippen LogP) is 6.37. The van der Waals surface area contributed by atoms with Crippen molar-refractivity contribution < 1.29 is 14.3 Å². The van der Waals surface area contributed by atoms with Crippen LogP contribution in [0, 0.1) is 20.8 Å². The minimum absolute atomic E-state index is 0.0808. The number of fused-ring (bicyclic) bond motifs is 1. The number of benzene rings is 2. The molecule has 4 aromatic rings. The third-order valence-corrected chi connectivity index (χ3v) is 8.36. The number of rotatable bonds is 7. The van der Waals surface area contributed by atoms with Crippen LogP contribution in [0.2, 0.25) is 0 Å². The van der Waals surface area contributed by atoms with Crippen LogP contribution in [0.15, 0.2) is 59.7 Å². The van der Waals surface area contributed by atoms with E-state index in [9.17, 15) is 9.59 Å². The van der Waals surface area contributed by atoms with E-state index in [4.69, 9.17) is 4.74 Å². The number of carbonyl (C=O) groups excluding carboxylic acids is 2. The molecule has 2 heterocycles. The third kappa shape index (κ3) is 5.52. The van der Waals surface area contributed by atoms with Crippen LogP contribution in [0.3, 0.4) is 0 Å². The van der Waals surface area contributed by atoms with Crippen LogP contribution in [0.25, 0.3) is 5.00 Å². The van der Waals surface area contributed by atoms with Gasteiger partial charge < -0.3 is 14.6 Å². The standard InChI is InChI=1S/C31H32N4O3S/c1-19-9-13-24(14-10-19)33-30(37)28-26-7-5-6-8-27(26)39-31(28)35-20(2)17-23(21(35)3)18-32-34-29(36)22-11-15-25(38-4)16-12-22/h9-18H,5-8H2,1-4H3,(H,33,37)(H,34,36)/b32-18-. The number of hydrogen-bond acceptors (Lipinski definition) is 5. The van der Waals surface area contributed by atoms with Crippen LogP contribution in [-0.4, -0.2) is 29.7 Å². The Labute approximate surface area is 232 Å². The fourth-order valence-corrected chi connectivity index (χ4v) is 6.47. The van der Waals surface area contributed by atoms with E-state index in [0.717, 1.165) is 64.4 Å². The lowest BCUT2D eigenvalue weighted by Gasteiger charge is -2.14. The Balaban J connectivity index is 1.43. The summed E-state index contributed by atoms with van der Waals surface area (Å²) < 4.78 is 7.29. The molecule has 1 aliphatic rings. The molecule has 0 bridgehead atoms. The highest BCUT2D eigenvalue weighted by atomic mass is 32.1. The molecule has 5 rings (SSSR count). The lowest BCUT2D eigenvalue weighted by molar-refractivity contribution is 0.0954. The van der Waals surface area contributed by atoms with Gasteiger partial charge in [-0.05, 0) is 94.5 Å². The highest BCUT2D eigenvalue weighted by molar-refractivity contribution is 7.15. The number of hydrogen-bond donors (Lipinski definition) is 2. The molecule has 8 heteroatoms. The largest absolute Gasteiger partial charge is 0.497 e. The number of nitrogens with one attached hydrogen (secondary N) is 2. The minimum Gasteiger partial charge on any atom is -0.497 e. The Morgan fingerprint density at radius 3 is 2.41 bits per heavy atom. The van der Waals surface area contributed by atoms with Crippen molar-refractivity contribution >= 4 is 35.1 Å². The molecule has 0 atom stereocenters. The molecule has 0 unspecified atom stereocenters. The Morgan fingerprint density at radius 2 is 1.69 bits per heavy atom. The summed E-state index contributed by atoms with van der Waals surface area (Å²) in [5, 5.41) is 8.26. The lowest BCUT2D eigenvalue weighted by atomic mass is 9.95. The molecule has 0 saturated carbocycles. The molecule has 0 aliphatic heterocycles. The van der Waals surface area contributed by atoms with Gasteiger partial charge in [0.2, 0.25) is 0 Å². The summed E-state index contributed by atoms with van der Waals surface area (Å²) in [6, 6.07) is 16.8. The van der Waals surface area contributed by atoms with Crippen molar-refractivity contribution in [3.8, 4) is 10.8 Å². The molecule has 0 fully saturated rings. The number of ether oxygens (including phenoxy) is 1. The van der Waals surface area contributed by atoms with Crippen molar-refractivity contribution in [1.29, 1.82) is 0 Å². The molecule has 2 aromatic carbocycles. The summed E-state index contributed by atoms with van der Waals surface area (Å²) in [4.78, 5) is 27.5. The van der Waals surface area contributed by atoms with Gasteiger partial charge >= 0.3 is 0 Å². The average molecular weight is 541 g/mol. The van der Waals surface area contributed by atoms with Gasteiger partial charge in [-0.3, -0.25) is 9.59 Å². The van der Waals surface area contributed by atoms with Crippen molar-refractivity contribution in [1.82, 2.24) is 9.99 Å². The van der Waals surface area contributed by atoms with Crippen LogP contribution in [0.4, 0.5) is 5.69 Å². The molecular formula is C31H32N4O3S. The summed E-state index contributed by atoms with van der Waals surface area (Å²) in [6.45, 7) is 6.07. The second-order valence-corrected chi connectivity index (χ2v) is 10.9. The molecule has 39 heavy (non-hydrogen) atoms. The molecule has 0 radical (unpaired) electrons. The van der Waals surface area contributed by atoms with Crippen molar-refractivity contribution in [2.24, 2.45) is 5.10 Å². The van der Waals surface area contributed by atoms with Gasteiger partial charge in [-0.25, -0.2) is 5.43 Å². The zero-order chi connectivity index (χ0) is 27.5. The minimum atomic E-state index is -0.302. The first kappa shape index (κ1) is 26.4. The van der Waals surface area contributed by atoms with Gasteiger partial charge in [0.15, 0.2) is 0 Å². The fraction of sp³-hybridized carbons (Fsp3) is 0.258. The fourth-order valence-electron chi connectivity index (χ4n) is 4.97. The normalized spacial score (nSPS) is 12.8. The smallest absolute Gasteiger partial charge is 0.271 e. The number of nitrogens with zero attached hydrogens (tertiary/aromatic N) is 2. The van der Waals surface area contributed by atoms with Gasteiger partial charge in [-0.2, -0.15) is 5.10 Å². The van der Waals surface area contributed by atoms with Gasteiger partial charge in [-0.1, -0.05) is 17.7 Å². The lowest BCUT2D eigenvalue weighted by Crippen LogP contribution is -2.17. The maximum Gasteiger partial charge on any atom is 0.271 e. The maximum atomic E-state index is 13.7. The zero-order valence-corrected chi connectivity index (χ0v) is 23.4. The Bertz CT molecular complexity index is 1550. The van der Waals surface area contributed by atoms with Crippen molar-refractivity contribution in [3.05, 3.63) is 98.7 Å². The second-order valence-electron chi connectivity index (χ2n) is 9.80. The van der Waals surface area contributed by atoms with Crippen LogP contribution >= 0.6 is 11.3 Å². The van der Waals surface area contributed by atoms with E-state index in [-0.39, 0.29) is 11.8 Å². The van der Waals surface area contributed by atoms with E-state index in [1.54, 1.807) is 48.9 Å². The summed E-state index contributed by atoms with van der Waals surface area (Å²) >= 11 is 1.70.